The minimum Gasteiger partial charge on any atom is -0.371 e. The van der Waals surface area contributed by atoms with Crippen molar-refractivity contribution >= 4 is 15.8 Å². The highest BCUT2D eigenvalue weighted by Gasteiger charge is 2.48. The zero-order valence-corrected chi connectivity index (χ0v) is 14.6. The first-order valence-electron chi connectivity index (χ1n) is 8.22. The summed E-state index contributed by atoms with van der Waals surface area (Å²) in [6.45, 7) is 3.34. The van der Waals surface area contributed by atoms with Crippen LogP contribution in [-0.2, 0) is 14.8 Å². The number of sulfonamides is 1. The Kier molecular flexibility index (Phi) is 4.76. The summed E-state index contributed by atoms with van der Waals surface area (Å²) in [6, 6.07) is 7.35. The van der Waals surface area contributed by atoms with E-state index < -0.39 is 15.6 Å². The van der Waals surface area contributed by atoms with Crippen LogP contribution in [0.2, 0.25) is 0 Å². The maximum Gasteiger partial charge on any atom is 0.214 e. The van der Waals surface area contributed by atoms with Crippen LogP contribution >= 0.6 is 0 Å². The van der Waals surface area contributed by atoms with Gasteiger partial charge in [0.05, 0.1) is 24.0 Å². The van der Waals surface area contributed by atoms with Crippen molar-refractivity contribution in [3.63, 3.8) is 0 Å². The van der Waals surface area contributed by atoms with E-state index in [-0.39, 0.29) is 11.8 Å². The molecule has 0 aliphatic carbocycles. The van der Waals surface area contributed by atoms with Gasteiger partial charge >= 0.3 is 0 Å². The van der Waals surface area contributed by atoms with E-state index in [1.165, 1.54) is 0 Å². The topological polar surface area (TPSA) is 95.3 Å². The summed E-state index contributed by atoms with van der Waals surface area (Å²) in [5, 5.41) is 12.2. The van der Waals surface area contributed by atoms with E-state index in [4.69, 9.17) is 10.00 Å². The highest BCUT2D eigenvalue weighted by molar-refractivity contribution is 7.89. The Morgan fingerprint density at radius 3 is 3.12 bits per heavy atom. The molecule has 3 heterocycles. The third-order valence-electron chi connectivity index (χ3n) is 4.56. The molecule has 0 bridgehead atoms. The van der Waals surface area contributed by atoms with Gasteiger partial charge in [-0.25, -0.2) is 13.4 Å². The Hall–Kier alpha value is -1.69. The first-order valence-corrected chi connectivity index (χ1v) is 9.83. The number of aromatic nitrogens is 1. The molecule has 24 heavy (non-hydrogen) atoms. The van der Waals surface area contributed by atoms with Crippen molar-refractivity contribution < 1.29 is 13.2 Å². The van der Waals surface area contributed by atoms with Gasteiger partial charge in [0.1, 0.15) is 17.6 Å². The Labute approximate surface area is 142 Å². The summed E-state index contributed by atoms with van der Waals surface area (Å²) < 4.78 is 32.0. The van der Waals surface area contributed by atoms with Crippen LogP contribution < -0.4 is 5.32 Å². The first-order chi connectivity index (χ1) is 11.5. The molecule has 3 rings (SSSR count). The highest BCUT2D eigenvalue weighted by Crippen LogP contribution is 2.37. The minimum absolute atomic E-state index is 0.0697. The molecule has 1 aromatic rings. The van der Waals surface area contributed by atoms with Crippen LogP contribution in [0.3, 0.4) is 0 Å². The molecule has 7 nitrogen and oxygen atoms in total. The highest BCUT2D eigenvalue weighted by atomic mass is 32.2. The number of ether oxygens (including phenoxy) is 1. The summed E-state index contributed by atoms with van der Waals surface area (Å²) in [5.41, 5.74) is -0.0305. The van der Waals surface area contributed by atoms with Crippen molar-refractivity contribution in [3.8, 4) is 6.07 Å². The number of hydrogen-bond acceptors (Lipinski definition) is 6. The van der Waals surface area contributed by atoms with E-state index in [0.29, 0.717) is 37.6 Å². The minimum atomic E-state index is -3.17. The zero-order valence-electron chi connectivity index (χ0n) is 13.7. The molecule has 2 aliphatic rings. The molecule has 0 aromatic carbocycles. The molecule has 8 heteroatoms. The quantitative estimate of drug-likeness (QED) is 0.861. The van der Waals surface area contributed by atoms with Gasteiger partial charge in [0.2, 0.25) is 10.0 Å². The molecule has 0 saturated carbocycles. The van der Waals surface area contributed by atoms with E-state index >= 15 is 0 Å². The molecule has 2 atom stereocenters. The lowest BCUT2D eigenvalue weighted by atomic mass is 9.97. The third kappa shape index (κ3) is 3.53. The van der Waals surface area contributed by atoms with E-state index in [1.54, 1.807) is 16.4 Å². The van der Waals surface area contributed by atoms with E-state index in [0.717, 1.165) is 12.8 Å². The number of rotatable bonds is 5. The standard InChI is InChI=1S/C16H22N4O3S/c1-2-8-24(21,22)20-7-6-16(12-20)9-14(11-23-16)19-15-5-3-4-13(10-17)18-15/h3-5,14H,2,6-9,11-12H2,1H3,(H,18,19)/t14-,16-/m1/s1. The second kappa shape index (κ2) is 6.67. The van der Waals surface area contributed by atoms with Gasteiger partial charge in [0.25, 0.3) is 0 Å². The molecule has 0 amide bonds. The van der Waals surface area contributed by atoms with E-state index in [1.807, 2.05) is 19.1 Å². The molecule has 2 aliphatic heterocycles. The number of nitriles is 1. The molecular weight excluding hydrogens is 328 g/mol. The summed E-state index contributed by atoms with van der Waals surface area (Å²) in [6.07, 6.45) is 2.08. The predicted octanol–water partition coefficient (Wildman–Crippen LogP) is 1.34. The maximum absolute atomic E-state index is 12.2. The average molecular weight is 350 g/mol. The molecular formula is C16H22N4O3S. The van der Waals surface area contributed by atoms with Crippen molar-refractivity contribution in [1.82, 2.24) is 9.29 Å². The lowest BCUT2D eigenvalue weighted by Gasteiger charge is -2.23. The normalized spacial score (nSPS) is 27.4. The number of pyridine rings is 1. The zero-order chi connectivity index (χ0) is 17.2. The third-order valence-corrected chi connectivity index (χ3v) is 6.58. The molecule has 130 valence electrons. The van der Waals surface area contributed by atoms with Gasteiger partial charge in [-0.1, -0.05) is 13.0 Å². The van der Waals surface area contributed by atoms with Crippen molar-refractivity contribution in [1.29, 1.82) is 5.26 Å². The van der Waals surface area contributed by atoms with Crippen molar-refractivity contribution in [2.45, 2.75) is 37.8 Å². The fourth-order valence-electron chi connectivity index (χ4n) is 3.44. The van der Waals surface area contributed by atoms with Gasteiger partial charge in [-0.05, 0) is 25.0 Å². The SMILES string of the molecule is CCCS(=O)(=O)N1CC[C@@]2(C[C@@H](Nc3cccc(C#N)n3)CO2)C1. The Balaban J connectivity index is 1.62. The van der Waals surface area contributed by atoms with Gasteiger partial charge in [-0.2, -0.15) is 9.57 Å². The van der Waals surface area contributed by atoms with Crippen LogP contribution in [0, 0.1) is 11.3 Å². The first kappa shape index (κ1) is 17.1. The molecule has 1 N–H and O–H groups in total. The monoisotopic (exact) mass is 350 g/mol. The number of anilines is 1. The lowest BCUT2D eigenvalue weighted by molar-refractivity contribution is 0.0173. The largest absolute Gasteiger partial charge is 0.371 e. The summed E-state index contributed by atoms with van der Waals surface area (Å²) in [7, 11) is -3.17. The maximum atomic E-state index is 12.2. The average Bonchev–Trinajstić information content (AvgIpc) is 3.15. The Bertz CT molecular complexity index is 746. The summed E-state index contributed by atoms with van der Waals surface area (Å²) in [4.78, 5) is 4.21. The van der Waals surface area contributed by atoms with E-state index in [2.05, 4.69) is 10.3 Å². The van der Waals surface area contributed by atoms with Crippen LogP contribution in [-0.4, -0.2) is 54.8 Å². The molecule has 1 spiro atoms. The Morgan fingerprint density at radius 2 is 2.38 bits per heavy atom. The van der Waals surface area contributed by atoms with Crippen molar-refractivity contribution in [2.24, 2.45) is 0 Å². The fourth-order valence-corrected chi connectivity index (χ4v) is 5.02. The number of nitrogens with one attached hydrogen (secondary N) is 1. The molecule has 2 fully saturated rings. The number of nitrogens with zero attached hydrogens (tertiary/aromatic N) is 3. The van der Waals surface area contributed by atoms with Gasteiger partial charge in [0.15, 0.2) is 0 Å². The van der Waals surface area contributed by atoms with Crippen LogP contribution in [0.4, 0.5) is 5.82 Å². The van der Waals surface area contributed by atoms with Gasteiger partial charge in [-0.3, -0.25) is 0 Å². The fraction of sp³-hybridized carbons (Fsp3) is 0.625. The van der Waals surface area contributed by atoms with Crippen molar-refractivity contribution in [2.75, 3.05) is 30.8 Å². The van der Waals surface area contributed by atoms with Gasteiger partial charge in [-0.15, -0.1) is 0 Å². The van der Waals surface area contributed by atoms with E-state index in [9.17, 15) is 8.42 Å². The second-order valence-corrected chi connectivity index (χ2v) is 8.55. The van der Waals surface area contributed by atoms with Crippen LogP contribution in [0.5, 0.6) is 0 Å². The predicted molar refractivity (Wildman–Crippen MR) is 89.9 cm³/mol. The molecule has 0 radical (unpaired) electrons. The van der Waals surface area contributed by atoms with Crippen LogP contribution in [0.25, 0.3) is 0 Å². The van der Waals surface area contributed by atoms with Gasteiger partial charge < -0.3 is 10.1 Å². The molecule has 0 unspecified atom stereocenters. The summed E-state index contributed by atoms with van der Waals surface area (Å²) in [5.74, 6) is 0.837. The molecule has 1 aromatic heterocycles. The van der Waals surface area contributed by atoms with Crippen LogP contribution in [0.1, 0.15) is 31.9 Å². The van der Waals surface area contributed by atoms with Gasteiger partial charge in [0, 0.05) is 19.5 Å². The summed E-state index contributed by atoms with van der Waals surface area (Å²) >= 11 is 0. The Morgan fingerprint density at radius 1 is 1.54 bits per heavy atom. The lowest BCUT2D eigenvalue weighted by Crippen LogP contribution is -2.37. The van der Waals surface area contributed by atoms with Crippen LogP contribution in [0.15, 0.2) is 18.2 Å². The smallest absolute Gasteiger partial charge is 0.214 e. The van der Waals surface area contributed by atoms with Crippen molar-refractivity contribution in [3.05, 3.63) is 23.9 Å². The second-order valence-electron chi connectivity index (χ2n) is 6.46. The molecule has 2 saturated heterocycles. The number of hydrogen-bond donors (Lipinski definition) is 1.